The molecule has 7 rings (SSSR count). The van der Waals surface area contributed by atoms with Crippen LogP contribution in [0.2, 0.25) is 0 Å². The number of anilines is 1. The van der Waals surface area contributed by atoms with E-state index in [0.29, 0.717) is 52.4 Å². The molecule has 0 N–H and O–H groups in total. The Kier molecular flexibility index (Phi) is 9.28. The van der Waals surface area contributed by atoms with Crippen molar-refractivity contribution in [3.8, 4) is 51.7 Å². The number of likely N-dealkylation sites (N-methyl/N-ethyl adjacent to an activating group) is 2. The molecule has 1 unspecified atom stereocenters. The van der Waals surface area contributed by atoms with Gasteiger partial charge in [-0.1, -0.05) is 0 Å². The zero-order valence-electron chi connectivity index (χ0n) is 30.9. The Morgan fingerprint density at radius 2 is 1.16 bits per heavy atom. The van der Waals surface area contributed by atoms with Crippen molar-refractivity contribution in [2.75, 3.05) is 81.9 Å². The van der Waals surface area contributed by atoms with Gasteiger partial charge in [-0.3, -0.25) is 4.90 Å². The van der Waals surface area contributed by atoms with E-state index < -0.39 is 0 Å². The second-order valence-electron chi connectivity index (χ2n) is 13.1. The van der Waals surface area contributed by atoms with Crippen LogP contribution in [0.15, 0.2) is 48.5 Å². The summed E-state index contributed by atoms with van der Waals surface area (Å²) >= 11 is 0. The molecule has 0 bridgehead atoms. The Balaban J connectivity index is 1.38. The van der Waals surface area contributed by atoms with E-state index >= 15 is 0 Å². The number of hydrogen-bond acceptors (Lipinski definition) is 10. The Bertz CT molecular complexity index is 2130. The zero-order valence-corrected chi connectivity index (χ0v) is 30.9. The van der Waals surface area contributed by atoms with Crippen LogP contribution in [-0.2, 0) is 19.3 Å². The quantitative estimate of drug-likeness (QED) is 0.129. The Morgan fingerprint density at radius 1 is 0.549 bits per heavy atom. The van der Waals surface area contributed by atoms with Gasteiger partial charge < -0.3 is 42.8 Å². The monoisotopic (exact) mass is 694 g/mol. The smallest absolute Gasteiger partial charge is 0.169 e. The van der Waals surface area contributed by atoms with Crippen molar-refractivity contribution in [2.24, 2.45) is 0 Å². The lowest BCUT2D eigenvalue weighted by Gasteiger charge is -2.35. The predicted molar refractivity (Wildman–Crippen MR) is 200 cm³/mol. The van der Waals surface area contributed by atoms with Gasteiger partial charge in [0.15, 0.2) is 46.0 Å². The number of fused-ring (bicyclic) bond motifs is 3. The third kappa shape index (κ3) is 5.81. The molecule has 10 nitrogen and oxygen atoms in total. The number of nitrogens with zero attached hydrogens (tertiary/aromatic N) is 2. The second-order valence-corrected chi connectivity index (χ2v) is 13.1. The highest BCUT2D eigenvalue weighted by molar-refractivity contribution is 6.18. The van der Waals surface area contributed by atoms with Crippen LogP contribution in [-0.4, -0.2) is 81.9 Å². The highest BCUT2D eigenvalue weighted by Gasteiger charge is 2.30. The van der Waals surface area contributed by atoms with Crippen LogP contribution in [0.1, 0.15) is 28.3 Å². The minimum absolute atomic E-state index is 0.0409. The molecule has 2 aliphatic rings. The molecule has 5 aromatic carbocycles. The van der Waals surface area contributed by atoms with E-state index in [2.05, 4.69) is 48.2 Å². The molecule has 0 fully saturated rings. The maximum atomic E-state index is 6.89. The van der Waals surface area contributed by atoms with E-state index in [1.807, 2.05) is 24.3 Å². The first-order chi connectivity index (χ1) is 24.8. The van der Waals surface area contributed by atoms with Gasteiger partial charge in [0.1, 0.15) is 5.75 Å². The van der Waals surface area contributed by atoms with Gasteiger partial charge in [0.25, 0.3) is 0 Å². The van der Waals surface area contributed by atoms with Crippen molar-refractivity contribution in [1.29, 1.82) is 0 Å². The number of ether oxygens (including phenoxy) is 8. The average molecular weight is 695 g/mol. The minimum atomic E-state index is 0.0409. The predicted octanol–water partition coefficient (Wildman–Crippen LogP) is 7.61. The fraction of sp³-hybridized carbons (Fsp3) is 0.366. The maximum Gasteiger partial charge on any atom is 0.169 e. The molecule has 268 valence electrons. The summed E-state index contributed by atoms with van der Waals surface area (Å²) in [6.45, 7) is 1.80. The summed E-state index contributed by atoms with van der Waals surface area (Å²) in [5.41, 5.74) is 5.76. The third-order valence-electron chi connectivity index (χ3n) is 10.5. The summed E-state index contributed by atoms with van der Waals surface area (Å²) in [6.07, 6.45) is 2.47. The first-order valence-corrected chi connectivity index (χ1v) is 17.1. The summed E-state index contributed by atoms with van der Waals surface area (Å²) < 4.78 is 47.7. The molecule has 0 saturated carbocycles. The fourth-order valence-electron chi connectivity index (χ4n) is 7.78. The first-order valence-electron chi connectivity index (χ1n) is 17.1. The van der Waals surface area contributed by atoms with E-state index in [4.69, 9.17) is 37.9 Å². The summed E-state index contributed by atoms with van der Waals surface area (Å²) in [5.74, 6) is 5.86. The fourth-order valence-corrected chi connectivity index (χ4v) is 7.78. The van der Waals surface area contributed by atoms with E-state index in [1.165, 1.54) is 16.7 Å². The van der Waals surface area contributed by atoms with Crippen LogP contribution in [0.25, 0.3) is 21.5 Å². The lowest BCUT2D eigenvalue weighted by atomic mass is 9.88. The SMILES string of the molecule is COc1cc(CC2c3cc(OC)c(OC)cc3CCN2C)c(Oc2cc3cc4c5c(cc(OC)c(OC)c5c3cc2OC)CCN4C)cc1OC. The molecule has 2 heterocycles. The standard InChI is InChI=1S/C41H46N2O8/c1-42-12-10-23-16-32(44-3)34(46-5)20-27(23)29(42)15-26-19-33(45-4)36(48-7)22-31(26)51-37-18-25-14-30-39-24(11-13-43(30)2)17-38(49-8)41(50-9)40(39)28(25)21-35(37)47-6/h14,16-22,29H,10-13,15H2,1-9H3. The zero-order chi connectivity index (χ0) is 36.0. The second kappa shape index (κ2) is 13.8. The van der Waals surface area contributed by atoms with Gasteiger partial charge in [0.05, 0.1) is 49.8 Å². The van der Waals surface area contributed by atoms with Crippen LogP contribution in [0.5, 0.6) is 51.7 Å². The topological polar surface area (TPSA) is 80.3 Å². The largest absolute Gasteiger partial charge is 0.493 e. The Hall–Kier alpha value is -5.22. The normalized spacial score (nSPS) is 15.4. The summed E-state index contributed by atoms with van der Waals surface area (Å²) in [7, 11) is 15.9. The first kappa shape index (κ1) is 34.2. The van der Waals surface area contributed by atoms with E-state index in [1.54, 1.807) is 49.8 Å². The highest BCUT2D eigenvalue weighted by atomic mass is 16.5. The highest BCUT2D eigenvalue weighted by Crippen LogP contribution is 2.50. The molecular weight excluding hydrogens is 648 g/mol. The average Bonchev–Trinajstić information content (AvgIpc) is 3.16. The van der Waals surface area contributed by atoms with Crippen LogP contribution < -0.4 is 42.8 Å². The molecule has 51 heavy (non-hydrogen) atoms. The molecular formula is C41H46N2O8. The third-order valence-corrected chi connectivity index (χ3v) is 10.5. The molecule has 0 aliphatic carbocycles. The van der Waals surface area contributed by atoms with E-state index in [0.717, 1.165) is 64.5 Å². The van der Waals surface area contributed by atoms with Crippen molar-refractivity contribution in [3.63, 3.8) is 0 Å². The summed E-state index contributed by atoms with van der Waals surface area (Å²) in [6, 6.07) is 16.6. The van der Waals surface area contributed by atoms with Crippen LogP contribution in [0.4, 0.5) is 5.69 Å². The summed E-state index contributed by atoms with van der Waals surface area (Å²) in [4.78, 5) is 4.66. The molecule has 0 saturated heterocycles. The van der Waals surface area contributed by atoms with Crippen molar-refractivity contribution < 1.29 is 37.9 Å². The lowest BCUT2D eigenvalue weighted by Crippen LogP contribution is -2.33. The van der Waals surface area contributed by atoms with Crippen molar-refractivity contribution in [3.05, 3.63) is 70.8 Å². The molecule has 0 radical (unpaired) electrons. The van der Waals surface area contributed by atoms with Gasteiger partial charge in [-0.15, -0.1) is 0 Å². The van der Waals surface area contributed by atoms with Crippen LogP contribution >= 0.6 is 0 Å². The number of methoxy groups -OCH3 is 7. The van der Waals surface area contributed by atoms with Gasteiger partial charge in [-0.05, 0) is 96.2 Å². The van der Waals surface area contributed by atoms with Gasteiger partial charge in [0, 0.05) is 54.3 Å². The van der Waals surface area contributed by atoms with Crippen LogP contribution in [0.3, 0.4) is 0 Å². The van der Waals surface area contributed by atoms with E-state index in [-0.39, 0.29) is 6.04 Å². The van der Waals surface area contributed by atoms with Crippen LogP contribution in [0, 0.1) is 0 Å². The molecule has 10 heteroatoms. The Morgan fingerprint density at radius 3 is 1.84 bits per heavy atom. The molecule has 0 amide bonds. The lowest BCUT2D eigenvalue weighted by molar-refractivity contribution is 0.226. The molecule has 5 aromatic rings. The van der Waals surface area contributed by atoms with Crippen molar-refractivity contribution in [2.45, 2.75) is 25.3 Å². The Labute approximate surface area is 299 Å². The van der Waals surface area contributed by atoms with Crippen molar-refractivity contribution >= 4 is 27.2 Å². The molecule has 2 aliphatic heterocycles. The van der Waals surface area contributed by atoms with Gasteiger partial charge in [-0.25, -0.2) is 0 Å². The minimum Gasteiger partial charge on any atom is -0.493 e. The van der Waals surface area contributed by atoms with E-state index in [9.17, 15) is 0 Å². The van der Waals surface area contributed by atoms with Crippen molar-refractivity contribution in [1.82, 2.24) is 4.90 Å². The van der Waals surface area contributed by atoms with Gasteiger partial charge in [0.2, 0.25) is 0 Å². The van der Waals surface area contributed by atoms with Gasteiger partial charge in [-0.2, -0.15) is 0 Å². The van der Waals surface area contributed by atoms with Gasteiger partial charge >= 0.3 is 0 Å². The molecule has 1 atom stereocenters. The maximum absolute atomic E-state index is 6.89. The molecule has 0 spiro atoms. The molecule has 0 aromatic heterocycles. The number of rotatable bonds is 11. The summed E-state index contributed by atoms with van der Waals surface area (Å²) in [5, 5.41) is 4.14. The number of benzene rings is 5. The number of hydrogen-bond donors (Lipinski definition) is 0.